The number of rotatable bonds is 5. The highest BCUT2D eigenvalue weighted by atomic mass is 32.2. The van der Waals surface area contributed by atoms with E-state index in [2.05, 4.69) is 0 Å². The summed E-state index contributed by atoms with van der Waals surface area (Å²) in [5.41, 5.74) is 1.63. The molecule has 6 heteroatoms. The van der Waals surface area contributed by atoms with E-state index in [0.29, 0.717) is 18.7 Å². The van der Waals surface area contributed by atoms with Crippen molar-refractivity contribution in [1.82, 2.24) is 4.31 Å². The summed E-state index contributed by atoms with van der Waals surface area (Å²) in [6.45, 7) is 3.15. The van der Waals surface area contributed by atoms with Gasteiger partial charge in [-0.05, 0) is 73.2 Å². The number of thiophene rings is 1. The van der Waals surface area contributed by atoms with Gasteiger partial charge < -0.3 is 0 Å². The Bertz CT molecular complexity index is 874. The Morgan fingerprint density at radius 2 is 1.76 bits per heavy atom. The van der Waals surface area contributed by atoms with Gasteiger partial charge in [0, 0.05) is 23.5 Å². The maximum atomic E-state index is 12.6. The normalized spacial score (nSPS) is 16.4. The molecule has 3 rings (SSSR count). The van der Waals surface area contributed by atoms with Crippen LogP contribution in [0.2, 0.25) is 0 Å². The van der Waals surface area contributed by atoms with Crippen LogP contribution in [0.25, 0.3) is 6.08 Å². The number of benzene rings is 1. The van der Waals surface area contributed by atoms with Gasteiger partial charge in [0.2, 0.25) is 10.0 Å². The van der Waals surface area contributed by atoms with Crippen LogP contribution < -0.4 is 0 Å². The molecule has 0 aliphatic carbocycles. The van der Waals surface area contributed by atoms with Crippen molar-refractivity contribution >= 4 is 33.2 Å². The summed E-state index contributed by atoms with van der Waals surface area (Å²) in [6, 6.07) is 8.24. The highest BCUT2D eigenvalue weighted by Gasteiger charge is 2.25. The Balaban J connectivity index is 1.74. The van der Waals surface area contributed by atoms with Gasteiger partial charge in [0.1, 0.15) is 0 Å². The van der Waals surface area contributed by atoms with Crippen LogP contribution in [-0.2, 0) is 10.0 Å². The highest BCUT2D eigenvalue weighted by molar-refractivity contribution is 7.89. The molecule has 0 N–H and O–H groups in total. The third-order valence-corrected chi connectivity index (χ3v) is 7.28. The fourth-order valence-corrected chi connectivity index (χ4v) is 5.18. The third kappa shape index (κ3) is 4.08. The Kier molecular flexibility index (Phi) is 5.51. The van der Waals surface area contributed by atoms with Crippen LogP contribution in [0.15, 0.2) is 46.7 Å². The highest BCUT2D eigenvalue weighted by Crippen LogP contribution is 2.21. The number of sulfonamides is 1. The monoisotopic (exact) mass is 375 g/mol. The predicted octanol–water partition coefficient (Wildman–Crippen LogP) is 4.13. The number of carbonyl (C=O) groups excluding carboxylic acids is 1. The molecule has 25 heavy (non-hydrogen) atoms. The SMILES string of the molecule is Cc1ccsc1/C=C/C(=O)c1ccc(S(=O)(=O)N2CCCCC2)cc1. The lowest BCUT2D eigenvalue weighted by Crippen LogP contribution is -2.35. The molecule has 132 valence electrons. The molecule has 0 radical (unpaired) electrons. The second-order valence-corrected chi connectivity index (χ2v) is 9.04. The second kappa shape index (κ2) is 7.64. The Labute approximate surface area is 152 Å². The molecular weight excluding hydrogens is 354 g/mol. The van der Waals surface area contributed by atoms with Gasteiger partial charge in [0.05, 0.1) is 4.90 Å². The third-order valence-electron chi connectivity index (χ3n) is 4.38. The molecule has 1 aliphatic rings. The molecule has 0 atom stereocenters. The maximum absolute atomic E-state index is 12.6. The number of aryl methyl sites for hydroxylation is 1. The van der Waals surface area contributed by atoms with E-state index in [1.807, 2.05) is 18.4 Å². The molecular formula is C19H21NO3S2. The Morgan fingerprint density at radius 3 is 2.36 bits per heavy atom. The molecule has 4 nitrogen and oxygen atoms in total. The number of hydrogen-bond acceptors (Lipinski definition) is 4. The summed E-state index contributed by atoms with van der Waals surface area (Å²) < 4.78 is 26.8. The summed E-state index contributed by atoms with van der Waals surface area (Å²) in [6.07, 6.45) is 6.23. The molecule has 2 heterocycles. The average molecular weight is 376 g/mol. The van der Waals surface area contributed by atoms with Crippen molar-refractivity contribution in [3.05, 3.63) is 57.8 Å². The number of hydrogen-bond donors (Lipinski definition) is 0. The van der Waals surface area contributed by atoms with E-state index < -0.39 is 10.0 Å². The molecule has 0 saturated carbocycles. The summed E-state index contributed by atoms with van der Waals surface area (Å²) in [7, 11) is -3.45. The van der Waals surface area contributed by atoms with E-state index in [0.717, 1.165) is 29.7 Å². The van der Waals surface area contributed by atoms with Gasteiger partial charge in [-0.2, -0.15) is 4.31 Å². The van der Waals surface area contributed by atoms with E-state index >= 15 is 0 Å². The fraction of sp³-hybridized carbons (Fsp3) is 0.316. The van der Waals surface area contributed by atoms with E-state index in [-0.39, 0.29) is 10.7 Å². The quantitative estimate of drug-likeness (QED) is 0.583. The Hall–Kier alpha value is -1.76. The van der Waals surface area contributed by atoms with Crippen LogP contribution in [0.4, 0.5) is 0 Å². The number of piperidine rings is 1. The molecule has 0 unspecified atom stereocenters. The topological polar surface area (TPSA) is 54.5 Å². The number of nitrogens with zero attached hydrogens (tertiary/aromatic N) is 1. The van der Waals surface area contributed by atoms with Crippen LogP contribution in [0, 0.1) is 6.92 Å². The first-order chi connectivity index (χ1) is 12.0. The average Bonchev–Trinajstić information content (AvgIpc) is 3.05. The summed E-state index contributed by atoms with van der Waals surface area (Å²) in [5, 5.41) is 1.99. The lowest BCUT2D eigenvalue weighted by Gasteiger charge is -2.25. The minimum atomic E-state index is -3.45. The summed E-state index contributed by atoms with van der Waals surface area (Å²) in [4.78, 5) is 13.6. The van der Waals surface area contributed by atoms with Crippen molar-refractivity contribution in [2.75, 3.05) is 13.1 Å². The minimum Gasteiger partial charge on any atom is -0.289 e. The van der Waals surface area contributed by atoms with Crippen molar-refractivity contribution in [1.29, 1.82) is 0 Å². The zero-order valence-electron chi connectivity index (χ0n) is 14.1. The van der Waals surface area contributed by atoms with Gasteiger partial charge in [-0.15, -0.1) is 11.3 Å². The van der Waals surface area contributed by atoms with Gasteiger partial charge in [-0.1, -0.05) is 6.42 Å². The maximum Gasteiger partial charge on any atom is 0.243 e. The van der Waals surface area contributed by atoms with Crippen LogP contribution in [0.3, 0.4) is 0 Å². The molecule has 1 fully saturated rings. The lowest BCUT2D eigenvalue weighted by molar-refractivity contribution is 0.104. The van der Waals surface area contributed by atoms with E-state index in [4.69, 9.17) is 0 Å². The molecule has 1 aliphatic heterocycles. The van der Waals surface area contributed by atoms with Gasteiger partial charge >= 0.3 is 0 Å². The van der Waals surface area contributed by atoms with Crippen molar-refractivity contribution < 1.29 is 13.2 Å². The Morgan fingerprint density at radius 1 is 1.08 bits per heavy atom. The van der Waals surface area contributed by atoms with E-state index in [1.165, 1.54) is 22.5 Å². The summed E-state index contributed by atoms with van der Waals surface area (Å²) >= 11 is 1.58. The predicted molar refractivity (Wildman–Crippen MR) is 101 cm³/mol. The second-order valence-electron chi connectivity index (χ2n) is 6.15. The summed E-state index contributed by atoms with van der Waals surface area (Å²) in [5.74, 6) is -0.130. The first-order valence-electron chi connectivity index (χ1n) is 8.35. The van der Waals surface area contributed by atoms with E-state index in [9.17, 15) is 13.2 Å². The van der Waals surface area contributed by atoms with Crippen molar-refractivity contribution in [3.63, 3.8) is 0 Å². The van der Waals surface area contributed by atoms with Gasteiger partial charge in [-0.3, -0.25) is 4.79 Å². The fourth-order valence-electron chi connectivity index (χ4n) is 2.85. The van der Waals surface area contributed by atoms with Crippen molar-refractivity contribution in [2.45, 2.75) is 31.1 Å². The van der Waals surface area contributed by atoms with Crippen molar-refractivity contribution in [3.8, 4) is 0 Å². The molecule has 1 aromatic heterocycles. The van der Waals surface area contributed by atoms with E-state index in [1.54, 1.807) is 29.5 Å². The van der Waals surface area contributed by atoms with Gasteiger partial charge in [0.15, 0.2) is 5.78 Å². The van der Waals surface area contributed by atoms with Gasteiger partial charge in [-0.25, -0.2) is 8.42 Å². The molecule has 1 saturated heterocycles. The lowest BCUT2D eigenvalue weighted by atomic mass is 10.1. The zero-order valence-corrected chi connectivity index (χ0v) is 15.8. The molecule has 2 aromatic rings. The largest absolute Gasteiger partial charge is 0.289 e. The number of ketones is 1. The van der Waals surface area contributed by atoms with Gasteiger partial charge in [0.25, 0.3) is 0 Å². The van der Waals surface area contributed by atoms with Crippen molar-refractivity contribution in [2.24, 2.45) is 0 Å². The van der Waals surface area contributed by atoms with Crippen LogP contribution in [0.1, 0.15) is 40.1 Å². The number of carbonyl (C=O) groups is 1. The molecule has 1 aromatic carbocycles. The zero-order chi connectivity index (χ0) is 17.9. The van der Waals surface area contributed by atoms with Crippen LogP contribution >= 0.6 is 11.3 Å². The smallest absolute Gasteiger partial charge is 0.243 e. The van der Waals surface area contributed by atoms with Crippen LogP contribution in [-0.4, -0.2) is 31.6 Å². The molecule has 0 spiro atoms. The van der Waals surface area contributed by atoms with Crippen LogP contribution in [0.5, 0.6) is 0 Å². The first kappa shape index (κ1) is 18.0. The molecule has 0 bridgehead atoms. The minimum absolute atomic E-state index is 0.130. The first-order valence-corrected chi connectivity index (χ1v) is 10.7. The number of allylic oxidation sites excluding steroid dienone is 1. The molecule has 0 amide bonds. The standard InChI is InChI=1S/C19H21NO3S2/c1-15-11-14-24-19(15)10-9-18(21)16-5-7-17(8-6-16)25(22,23)20-12-3-2-4-13-20/h5-11,14H,2-4,12-13H2,1H3/b10-9+.